The highest BCUT2D eigenvalue weighted by molar-refractivity contribution is 5.89. The van der Waals surface area contributed by atoms with Gasteiger partial charge >= 0.3 is 5.97 Å². The van der Waals surface area contributed by atoms with E-state index in [0.29, 0.717) is 18.7 Å². The number of esters is 1. The van der Waals surface area contributed by atoms with Crippen LogP contribution in [0.4, 0.5) is 5.69 Å². The van der Waals surface area contributed by atoms with Gasteiger partial charge in [-0.05, 0) is 24.5 Å². The van der Waals surface area contributed by atoms with Crippen molar-refractivity contribution in [1.82, 2.24) is 5.32 Å². The zero-order valence-electron chi connectivity index (χ0n) is 13.0. The van der Waals surface area contributed by atoms with Crippen molar-refractivity contribution in [3.8, 4) is 0 Å². The number of nitrogens with one attached hydrogen (secondary N) is 1. The molecule has 1 N–H and O–H groups in total. The third kappa shape index (κ3) is 5.81. The van der Waals surface area contributed by atoms with E-state index in [2.05, 4.69) is 5.32 Å². The average Bonchev–Trinajstić information content (AvgIpc) is 3.10. The number of carbonyl (C=O) groups is 2. The maximum absolute atomic E-state index is 11.6. The molecule has 1 fully saturated rings. The molecule has 0 aliphatic carbocycles. The third-order valence-corrected chi connectivity index (χ3v) is 3.39. The van der Waals surface area contributed by atoms with Crippen LogP contribution in [-0.4, -0.2) is 42.7 Å². The quantitative estimate of drug-likeness (QED) is 0.350. The molecule has 0 radical (unpaired) electrons. The molecule has 0 aromatic heterocycles. The number of hydrogen-bond acceptors (Lipinski definition) is 6. The number of nitro benzene ring substituents is 1. The Bertz CT molecular complexity index is 637. The second kappa shape index (κ2) is 8.78. The van der Waals surface area contributed by atoms with Gasteiger partial charge in [-0.3, -0.25) is 14.9 Å². The molecular weight excluding hydrogens is 316 g/mol. The summed E-state index contributed by atoms with van der Waals surface area (Å²) in [7, 11) is 0. The van der Waals surface area contributed by atoms with Gasteiger partial charge in [0.25, 0.3) is 11.6 Å². The van der Waals surface area contributed by atoms with E-state index in [1.807, 2.05) is 0 Å². The monoisotopic (exact) mass is 334 g/mol. The maximum atomic E-state index is 11.6. The Balaban J connectivity index is 1.73. The second-order valence-electron chi connectivity index (χ2n) is 5.23. The molecule has 1 aromatic rings. The Labute approximate surface area is 138 Å². The van der Waals surface area contributed by atoms with E-state index in [1.54, 1.807) is 6.07 Å². The minimum atomic E-state index is -0.700. The molecule has 0 saturated carbocycles. The standard InChI is InChI=1S/C16H18N2O6/c19-15(17-10-14-5-2-8-23-14)11-24-16(20)7-6-12-3-1-4-13(9-12)18(21)22/h1,3-4,6-7,9,14H,2,5,8,10-11H2,(H,17,19)/b7-6+/t14-/m0/s1. The fraction of sp³-hybridized carbons (Fsp3) is 0.375. The number of amides is 1. The van der Waals surface area contributed by atoms with Crippen LogP contribution in [0.5, 0.6) is 0 Å². The first-order chi connectivity index (χ1) is 11.5. The summed E-state index contributed by atoms with van der Waals surface area (Å²) >= 11 is 0. The number of carbonyl (C=O) groups excluding carboxylic acids is 2. The lowest BCUT2D eigenvalue weighted by Gasteiger charge is -2.10. The molecule has 2 rings (SSSR count). The molecular formula is C16H18N2O6. The fourth-order valence-corrected chi connectivity index (χ4v) is 2.18. The molecule has 1 aliphatic heterocycles. The van der Waals surface area contributed by atoms with Crippen LogP contribution in [0, 0.1) is 10.1 Å². The molecule has 0 spiro atoms. The number of ether oxygens (including phenoxy) is 2. The van der Waals surface area contributed by atoms with E-state index in [4.69, 9.17) is 9.47 Å². The largest absolute Gasteiger partial charge is 0.452 e. The zero-order chi connectivity index (χ0) is 17.4. The summed E-state index contributed by atoms with van der Waals surface area (Å²) < 4.78 is 10.2. The summed E-state index contributed by atoms with van der Waals surface area (Å²) in [5.74, 6) is -1.10. The maximum Gasteiger partial charge on any atom is 0.331 e. The first-order valence-electron chi connectivity index (χ1n) is 7.52. The Morgan fingerprint density at radius 3 is 3.00 bits per heavy atom. The Morgan fingerprint density at radius 2 is 2.29 bits per heavy atom. The summed E-state index contributed by atoms with van der Waals surface area (Å²) in [6.07, 6.45) is 4.43. The lowest BCUT2D eigenvalue weighted by atomic mass is 10.2. The summed E-state index contributed by atoms with van der Waals surface area (Å²) in [6.45, 7) is 0.725. The van der Waals surface area contributed by atoms with Gasteiger partial charge in [0, 0.05) is 31.4 Å². The van der Waals surface area contributed by atoms with Gasteiger partial charge < -0.3 is 14.8 Å². The lowest BCUT2D eigenvalue weighted by Crippen LogP contribution is -2.34. The Morgan fingerprint density at radius 1 is 1.46 bits per heavy atom. The summed E-state index contributed by atoms with van der Waals surface area (Å²) in [4.78, 5) is 33.2. The predicted molar refractivity (Wildman–Crippen MR) is 85.1 cm³/mol. The summed E-state index contributed by atoms with van der Waals surface area (Å²) in [5.41, 5.74) is 0.419. The lowest BCUT2D eigenvalue weighted by molar-refractivity contribution is -0.384. The van der Waals surface area contributed by atoms with Crippen LogP contribution >= 0.6 is 0 Å². The second-order valence-corrected chi connectivity index (χ2v) is 5.23. The normalized spacial score (nSPS) is 16.9. The average molecular weight is 334 g/mol. The van der Waals surface area contributed by atoms with Crippen LogP contribution in [0.3, 0.4) is 0 Å². The molecule has 1 saturated heterocycles. The number of benzene rings is 1. The van der Waals surface area contributed by atoms with Gasteiger partial charge in [-0.15, -0.1) is 0 Å². The topological polar surface area (TPSA) is 108 Å². The smallest absolute Gasteiger partial charge is 0.331 e. The van der Waals surface area contributed by atoms with Crippen LogP contribution in [0.1, 0.15) is 18.4 Å². The van der Waals surface area contributed by atoms with Gasteiger partial charge in [-0.25, -0.2) is 4.79 Å². The molecule has 1 amide bonds. The van der Waals surface area contributed by atoms with Gasteiger partial charge in [-0.2, -0.15) is 0 Å². The van der Waals surface area contributed by atoms with E-state index in [-0.39, 0.29) is 18.4 Å². The molecule has 1 heterocycles. The minimum absolute atomic E-state index is 0.0263. The molecule has 1 atom stereocenters. The van der Waals surface area contributed by atoms with Crippen molar-refractivity contribution >= 4 is 23.6 Å². The van der Waals surface area contributed by atoms with Crippen LogP contribution < -0.4 is 5.32 Å². The number of rotatable bonds is 7. The van der Waals surface area contributed by atoms with E-state index in [9.17, 15) is 19.7 Å². The molecule has 128 valence electrons. The van der Waals surface area contributed by atoms with Crippen molar-refractivity contribution < 1.29 is 24.0 Å². The van der Waals surface area contributed by atoms with Crippen molar-refractivity contribution in [2.75, 3.05) is 19.8 Å². The van der Waals surface area contributed by atoms with Crippen LogP contribution in [0.2, 0.25) is 0 Å². The molecule has 1 aliphatic rings. The van der Waals surface area contributed by atoms with Gasteiger partial charge in [0.05, 0.1) is 11.0 Å². The van der Waals surface area contributed by atoms with Crippen molar-refractivity contribution in [2.45, 2.75) is 18.9 Å². The third-order valence-electron chi connectivity index (χ3n) is 3.39. The molecule has 0 unspecified atom stereocenters. The van der Waals surface area contributed by atoms with Gasteiger partial charge in [0.15, 0.2) is 6.61 Å². The number of hydrogen-bond donors (Lipinski definition) is 1. The van der Waals surface area contributed by atoms with Gasteiger partial charge in [0.2, 0.25) is 0 Å². The summed E-state index contributed by atoms with van der Waals surface area (Å²) in [5, 5.41) is 13.3. The first-order valence-corrected chi connectivity index (χ1v) is 7.52. The molecule has 8 heteroatoms. The number of non-ortho nitro benzene ring substituents is 1. The number of nitro groups is 1. The SMILES string of the molecule is O=C(COC(=O)/C=C/c1cccc([N+](=O)[O-])c1)NC[C@@H]1CCCO1. The van der Waals surface area contributed by atoms with E-state index < -0.39 is 16.8 Å². The van der Waals surface area contributed by atoms with Crippen molar-refractivity contribution in [3.63, 3.8) is 0 Å². The Hall–Kier alpha value is -2.74. The highest BCUT2D eigenvalue weighted by atomic mass is 16.6. The molecule has 0 bridgehead atoms. The predicted octanol–water partition coefficient (Wildman–Crippen LogP) is 1.45. The zero-order valence-corrected chi connectivity index (χ0v) is 13.0. The van der Waals surface area contributed by atoms with Crippen molar-refractivity contribution in [3.05, 3.63) is 46.0 Å². The first kappa shape index (κ1) is 17.6. The van der Waals surface area contributed by atoms with E-state index >= 15 is 0 Å². The fourth-order valence-electron chi connectivity index (χ4n) is 2.18. The van der Waals surface area contributed by atoms with Gasteiger partial charge in [0.1, 0.15) is 0 Å². The highest BCUT2D eigenvalue weighted by Crippen LogP contribution is 2.14. The van der Waals surface area contributed by atoms with Crippen LogP contribution in [0.25, 0.3) is 6.08 Å². The molecule has 24 heavy (non-hydrogen) atoms. The van der Waals surface area contributed by atoms with Crippen LogP contribution in [-0.2, 0) is 19.1 Å². The van der Waals surface area contributed by atoms with Crippen LogP contribution in [0.15, 0.2) is 30.3 Å². The Kier molecular flexibility index (Phi) is 6.44. The van der Waals surface area contributed by atoms with E-state index in [1.165, 1.54) is 24.3 Å². The van der Waals surface area contributed by atoms with E-state index in [0.717, 1.165) is 18.9 Å². The molecule has 1 aromatic carbocycles. The number of nitrogens with zero attached hydrogens (tertiary/aromatic N) is 1. The highest BCUT2D eigenvalue weighted by Gasteiger charge is 2.16. The van der Waals surface area contributed by atoms with Crippen molar-refractivity contribution in [2.24, 2.45) is 0 Å². The summed E-state index contributed by atoms with van der Waals surface area (Å²) in [6, 6.07) is 5.82. The molecule has 8 nitrogen and oxygen atoms in total. The minimum Gasteiger partial charge on any atom is -0.452 e. The van der Waals surface area contributed by atoms with Crippen molar-refractivity contribution in [1.29, 1.82) is 0 Å². The van der Waals surface area contributed by atoms with Gasteiger partial charge in [-0.1, -0.05) is 12.1 Å².